The van der Waals surface area contributed by atoms with E-state index < -0.39 is 23.4 Å². The first-order valence-corrected chi connectivity index (χ1v) is 12.8. The summed E-state index contributed by atoms with van der Waals surface area (Å²) in [5.74, 6) is 1.25. The molecule has 0 saturated heterocycles. The van der Waals surface area contributed by atoms with Gasteiger partial charge in [-0.25, -0.2) is 19.1 Å². The molecule has 1 aromatic carbocycles. The molecule has 0 bridgehead atoms. The van der Waals surface area contributed by atoms with Crippen LogP contribution in [0, 0.1) is 0 Å². The smallest absolute Gasteiger partial charge is 0.435 e. The van der Waals surface area contributed by atoms with E-state index in [2.05, 4.69) is 15.4 Å². The number of hydrogen-bond acceptors (Lipinski definition) is 9. The van der Waals surface area contributed by atoms with E-state index in [1.807, 2.05) is 24.3 Å². The molecule has 0 saturated carbocycles. The molecular formula is C29H35N5O6. The van der Waals surface area contributed by atoms with Crippen LogP contribution in [0.15, 0.2) is 55.0 Å². The van der Waals surface area contributed by atoms with Gasteiger partial charge in [-0.15, -0.1) is 0 Å². The van der Waals surface area contributed by atoms with Gasteiger partial charge in [0.25, 0.3) is 0 Å². The summed E-state index contributed by atoms with van der Waals surface area (Å²) in [6.45, 7) is 11.7. The summed E-state index contributed by atoms with van der Waals surface area (Å²) in [5.41, 5.74) is 0.988. The predicted molar refractivity (Wildman–Crippen MR) is 151 cm³/mol. The molecule has 0 aliphatic rings. The van der Waals surface area contributed by atoms with Gasteiger partial charge in [0.15, 0.2) is 0 Å². The highest BCUT2D eigenvalue weighted by Gasteiger charge is 2.25. The molecule has 0 aliphatic carbocycles. The number of carbonyl (C=O) groups excluding carboxylic acids is 2. The third-order valence-electron chi connectivity index (χ3n) is 5.40. The molecular weight excluding hydrogens is 514 g/mol. The number of rotatable bonds is 7. The number of anilines is 2. The van der Waals surface area contributed by atoms with Crippen molar-refractivity contribution in [3.8, 4) is 17.0 Å². The fraction of sp³-hybridized carbons (Fsp3) is 0.379. The molecule has 3 heterocycles. The van der Waals surface area contributed by atoms with Crippen LogP contribution < -0.4 is 10.1 Å². The van der Waals surface area contributed by atoms with E-state index in [1.54, 1.807) is 67.0 Å². The fourth-order valence-electron chi connectivity index (χ4n) is 3.78. The number of nitrogens with one attached hydrogen (secondary N) is 1. The lowest BCUT2D eigenvalue weighted by molar-refractivity contribution is 0.0512. The Hall–Kier alpha value is -4.38. The average molecular weight is 550 g/mol. The van der Waals surface area contributed by atoms with Crippen LogP contribution >= 0.6 is 0 Å². The predicted octanol–water partition coefficient (Wildman–Crippen LogP) is 6.24. The van der Waals surface area contributed by atoms with Crippen molar-refractivity contribution in [1.82, 2.24) is 19.3 Å². The van der Waals surface area contributed by atoms with Gasteiger partial charge in [0.2, 0.25) is 0 Å². The van der Waals surface area contributed by atoms with Crippen LogP contribution in [0.3, 0.4) is 0 Å². The van der Waals surface area contributed by atoms with Gasteiger partial charge in [-0.3, -0.25) is 0 Å². The summed E-state index contributed by atoms with van der Waals surface area (Å²) < 4.78 is 24.3. The first kappa shape index (κ1) is 28.6. The molecule has 212 valence electrons. The lowest BCUT2D eigenvalue weighted by Gasteiger charge is -2.21. The quantitative estimate of drug-likeness (QED) is 0.267. The third kappa shape index (κ3) is 7.17. The van der Waals surface area contributed by atoms with Crippen molar-refractivity contribution in [2.24, 2.45) is 0 Å². The minimum absolute atomic E-state index is 0.460. The maximum atomic E-state index is 13.4. The van der Waals surface area contributed by atoms with E-state index in [0.29, 0.717) is 41.2 Å². The summed E-state index contributed by atoms with van der Waals surface area (Å²) in [5, 5.41) is 8.12. The number of nitrogens with zero attached hydrogens (tertiary/aromatic N) is 4. The van der Waals surface area contributed by atoms with E-state index in [4.69, 9.17) is 18.9 Å². The fourth-order valence-corrected chi connectivity index (χ4v) is 3.78. The van der Waals surface area contributed by atoms with Gasteiger partial charge < -0.3 is 24.3 Å². The Balaban J connectivity index is 1.68. The Morgan fingerprint density at radius 1 is 0.900 bits per heavy atom. The number of pyridine rings is 1. The number of methoxy groups -OCH3 is 1. The third-order valence-corrected chi connectivity index (χ3v) is 5.40. The van der Waals surface area contributed by atoms with Crippen LogP contribution in [0.1, 0.15) is 41.5 Å². The van der Waals surface area contributed by atoms with Gasteiger partial charge in [-0.2, -0.15) is 9.78 Å². The second-order valence-corrected chi connectivity index (χ2v) is 11.1. The molecule has 4 aromatic rings. The van der Waals surface area contributed by atoms with Gasteiger partial charge in [-0.1, -0.05) is 0 Å². The Kier molecular flexibility index (Phi) is 8.15. The molecule has 0 fully saturated rings. The number of fused-ring (bicyclic) bond motifs is 1. The summed E-state index contributed by atoms with van der Waals surface area (Å²) in [7, 11) is 1.62. The van der Waals surface area contributed by atoms with Crippen LogP contribution in [-0.4, -0.2) is 63.0 Å². The van der Waals surface area contributed by atoms with Gasteiger partial charge in [-0.05, 0) is 71.9 Å². The average Bonchev–Trinajstić information content (AvgIpc) is 3.48. The zero-order valence-corrected chi connectivity index (χ0v) is 23.8. The second-order valence-electron chi connectivity index (χ2n) is 11.1. The molecule has 0 spiro atoms. The maximum Gasteiger partial charge on any atom is 0.435 e. The van der Waals surface area contributed by atoms with E-state index in [1.165, 1.54) is 17.0 Å². The number of aromatic nitrogens is 4. The summed E-state index contributed by atoms with van der Waals surface area (Å²) in [6.07, 6.45) is 3.50. The van der Waals surface area contributed by atoms with E-state index in [-0.39, 0.29) is 0 Å². The van der Waals surface area contributed by atoms with Crippen molar-refractivity contribution in [3.05, 3.63) is 55.0 Å². The van der Waals surface area contributed by atoms with E-state index in [0.717, 1.165) is 16.1 Å². The highest BCUT2D eigenvalue weighted by Crippen LogP contribution is 2.31. The van der Waals surface area contributed by atoms with Crippen molar-refractivity contribution < 1.29 is 28.5 Å². The Bertz CT molecular complexity index is 1490. The SMILES string of the molecule is COCCOc1ccc(Nc2cc3c(cn2)cc(-c2cnn(C(=O)OC(C)(C)C)c2)n3C(=O)OC(C)(C)C)cc1. The molecule has 40 heavy (non-hydrogen) atoms. The summed E-state index contributed by atoms with van der Waals surface area (Å²) in [6, 6.07) is 11.0. The number of ether oxygens (including phenoxy) is 4. The molecule has 0 atom stereocenters. The van der Waals surface area contributed by atoms with Crippen molar-refractivity contribution in [1.29, 1.82) is 0 Å². The van der Waals surface area contributed by atoms with Crippen molar-refractivity contribution in [2.75, 3.05) is 25.6 Å². The highest BCUT2D eigenvalue weighted by molar-refractivity contribution is 5.97. The monoisotopic (exact) mass is 549 g/mol. The Labute approximate surface area is 233 Å². The maximum absolute atomic E-state index is 13.4. The topological polar surface area (TPSA) is 119 Å². The molecule has 0 amide bonds. The Morgan fingerprint density at radius 3 is 2.23 bits per heavy atom. The summed E-state index contributed by atoms with van der Waals surface area (Å²) >= 11 is 0. The van der Waals surface area contributed by atoms with Crippen molar-refractivity contribution >= 4 is 34.6 Å². The lowest BCUT2D eigenvalue weighted by atomic mass is 10.2. The van der Waals surface area contributed by atoms with Crippen molar-refractivity contribution in [3.63, 3.8) is 0 Å². The number of carbonyl (C=O) groups is 2. The van der Waals surface area contributed by atoms with E-state index in [9.17, 15) is 9.59 Å². The van der Waals surface area contributed by atoms with E-state index >= 15 is 0 Å². The van der Waals surface area contributed by atoms with Crippen LogP contribution in [0.25, 0.3) is 22.2 Å². The van der Waals surface area contributed by atoms with Gasteiger partial charge in [0.1, 0.15) is 29.4 Å². The molecule has 0 aliphatic heterocycles. The standard InChI is InChI=1S/C29H35N5O6/c1-28(2,3)39-26(35)33-18-20(17-31-33)23-14-19-16-30-25(15-24(19)34(23)27(36)40-29(4,5)6)32-21-8-10-22(11-9-21)38-13-12-37-7/h8-11,14-18H,12-13H2,1-7H3,(H,30,32). The Morgan fingerprint density at radius 2 is 1.57 bits per heavy atom. The zero-order chi connectivity index (χ0) is 29.1. The minimum Gasteiger partial charge on any atom is -0.491 e. The molecule has 1 N–H and O–H groups in total. The van der Waals surface area contributed by atoms with Gasteiger partial charge in [0, 0.05) is 42.2 Å². The molecule has 0 radical (unpaired) electrons. The van der Waals surface area contributed by atoms with Crippen LogP contribution in [0.2, 0.25) is 0 Å². The second kappa shape index (κ2) is 11.4. The first-order valence-electron chi connectivity index (χ1n) is 12.8. The van der Waals surface area contributed by atoms with Gasteiger partial charge in [0.05, 0.1) is 24.0 Å². The molecule has 11 nitrogen and oxygen atoms in total. The van der Waals surface area contributed by atoms with Crippen LogP contribution in [-0.2, 0) is 14.2 Å². The number of hydrogen-bond donors (Lipinski definition) is 1. The molecule has 11 heteroatoms. The number of benzene rings is 1. The van der Waals surface area contributed by atoms with Crippen LogP contribution in [0.4, 0.5) is 21.1 Å². The minimum atomic E-state index is -0.729. The molecule has 0 unspecified atom stereocenters. The zero-order valence-electron chi connectivity index (χ0n) is 23.8. The molecule has 4 rings (SSSR count). The van der Waals surface area contributed by atoms with Crippen LogP contribution in [0.5, 0.6) is 5.75 Å². The van der Waals surface area contributed by atoms with Gasteiger partial charge >= 0.3 is 12.2 Å². The van der Waals surface area contributed by atoms with Crippen molar-refractivity contribution in [2.45, 2.75) is 52.7 Å². The lowest BCUT2D eigenvalue weighted by Crippen LogP contribution is -2.27. The largest absolute Gasteiger partial charge is 0.491 e. The first-order chi connectivity index (χ1) is 18.8. The molecule has 3 aromatic heterocycles. The summed E-state index contributed by atoms with van der Waals surface area (Å²) in [4.78, 5) is 30.5. The highest BCUT2D eigenvalue weighted by atomic mass is 16.6. The normalized spacial score (nSPS) is 11.9.